The third-order valence-corrected chi connectivity index (χ3v) is 4.58. The van der Waals surface area contributed by atoms with E-state index in [1.54, 1.807) is 11.3 Å². The van der Waals surface area contributed by atoms with Crippen LogP contribution in [-0.4, -0.2) is 9.55 Å². The molecular weight excluding hydrogens is 311 g/mol. The van der Waals surface area contributed by atoms with Crippen molar-refractivity contribution in [2.75, 3.05) is 0 Å². The van der Waals surface area contributed by atoms with Crippen LogP contribution in [0.2, 0.25) is 5.02 Å². The fraction of sp³-hybridized carbons (Fsp3) is 0.267. The van der Waals surface area contributed by atoms with Gasteiger partial charge in [0.1, 0.15) is 5.82 Å². The van der Waals surface area contributed by atoms with Crippen molar-refractivity contribution in [1.29, 1.82) is 0 Å². The molecular formula is C15H14Cl2N2S. The van der Waals surface area contributed by atoms with Gasteiger partial charge in [0.05, 0.1) is 22.5 Å². The first-order chi connectivity index (χ1) is 9.58. The molecule has 0 saturated carbocycles. The molecule has 0 aliphatic rings. The van der Waals surface area contributed by atoms with Crippen molar-refractivity contribution in [3.63, 3.8) is 0 Å². The van der Waals surface area contributed by atoms with Crippen LogP contribution in [0, 0.1) is 0 Å². The Morgan fingerprint density at radius 2 is 2.05 bits per heavy atom. The Labute approximate surface area is 132 Å². The zero-order chi connectivity index (χ0) is 14.3. The van der Waals surface area contributed by atoms with E-state index in [-0.39, 0.29) is 11.4 Å². The molecule has 0 bridgehead atoms. The molecule has 3 rings (SSSR count). The molecule has 0 N–H and O–H groups in total. The van der Waals surface area contributed by atoms with Crippen molar-refractivity contribution in [1.82, 2.24) is 9.55 Å². The van der Waals surface area contributed by atoms with Crippen LogP contribution < -0.4 is 0 Å². The van der Waals surface area contributed by atoms with Crippen LogP contribution in [0.3, 0.4) is 0 Å². The van der Waals surface area contributed by atoms with Gasteiger partial charge in [-0.1, -0.05) is 11.6 Å². The summed E-state index contributed by atoms with van der Waals surface area (Å²) in [4.78, 5) is 4.65. The van der Waals surface area contributed by atoms with Crippen molar-refractivity contribution >= 4 is 45.6 Å². The average molecular weight is 325 g/mol. The number of aromatic nitrogens is 2. The highest BCUT2D eigenvalue weighted by Gasteiger charge is 2.20. The third kappa shape index (κ3) is 2.34. The van der Waals surface area contributed by atoms with E-state index in [4.69, 9.17) is 23.2 Å². The summed E-state index contributed by atoms with van der Waals surface area (Å²) < 4.78 is 2.20. The molecule has 3 aromatic rings. The molecule has 0 spiro atoms. The Morgan fingerprint density at radius 3 is 2.70 bits per heavy atom. The average Bonchev–Trinajstić information content (AvgIpc) is 3.04. The smallest absolute Gasteiger partial charge is 0.128 e. The fourth-order valence-electron chi connectivity index (χ4n) is 2.44. The summed E-state index contributed by atoms with van der Waals surface area (Å²) in [5, 5.41) is 4.79. The van der Waals surface area contributed by atoms with Crippen molar-refractivity contribution in [2.24, 2.45) is 0 Å². The lowest BCUT2D eigenvalue weighted by molar-refractivity contribution is 0.620. The van der Waals surface area contributed by atoms with Crippen LogP contribution in [0.1, 0.15) is 36.7 Å². The number of thiophene rings is 1. The number of halogens is 2. The number of imidazole rings is 1. The zero-order valence-electron chi connectivity index (χ0n) is 11.2. The van der Waals surface area contributed by atoms with E-state index in [2.05, 4.69) is 33.3 Å². The summed E-state index contributed by atoms with van der Waals surface area (Å²) in [6.07, 6.45) is 0. The van der Waals surface area contributed by atoms with Crippen molar-refractivity contribution in [3.8, 4) is 0 Å². The second kappa shape index (κ2) is 5.40. The first-order valence-corrected chi connectivity index (χ1v) is 8.17. The van der Waals surface area contributed by atoms with Crippen LogP contribution in [0.15, 0.2) is 35.0 Å². The highest BCUT2D eigenvalue weighted by molar-refractivity contribution is 7.07. The number of benzene rings is 1. The minimum absolute atomic E-state index is 0.151. The summed E-state index contributed by atoms with van der Waals surface area (Å²) in [7, 11) is 0. The summed E-state index contributed by atoms with van der Waals surface area (Å²) in [6.45, 7) is 4.11. The summed E-state index contributed by atoms with van der Waals surface area (Å²) >= 11 is 14.1. The minimum atomic E-state index is -0.151. The Hall–Kier alpha value is -1.03. The van der Waals surface area contributed by atoms with Gasteiger partial charge in [0.2, 0.25) is 0 Å². The number of alkyl halides is 1. The Bertz CT molecular complexity index is 732. The van der Waals surface area contributed by atoms with Gasteiger partial charge in [-0.15, -0.1) is 11.6 Å². The molecule has 2 atom stereocenters. The predicted molar refractivity (Wildman–Crippen MR) is 87.1 cm³/mol. The van der Waals surface area contributed by atoms with Crippen LogP contribution in [0.4, 0.5) is 0 Å². The van der Waals surface area contributed by atoms with E-state index in [0.29, 0.717) is 5.02 Å². The van der Waals surface area contributed by atoms with E-state index in [9.17, 15) is 0 Å². The monoisotopic (exact) mass is 324 g/mol. The van der Waals surface area contributed by atoms with Crippen LogP contribution in [0.25, 0.3) is 11.0 Å². The van der Waals surface area contributed by atoms with Crippen molar-refractivity contribution in [2.45, 2.75) is 25.3 Å². The molecule has 2 aromatic heterocycles. The Kier molecular flexibility index (Phi) is 3.76. The van der Waals surface area contributed by atoms with Gasteiger partial charge in [-0.3, -0.25) is 0 Å². The normalized spacial score (nSPS) is 14.6. The number of fused-ring (bicyclic) bond motifs is 1. The second-order valence-electron chi connectivity index (χ2n) is 4.82. The van der Waals surface area contributed by atoms with E-state index >= 15 is 0 Å². The first kappa shape index (κ1) is 13.9. The number of hydrogen-bond acceptors (Lipinski definition) is 2. The maximum absolute atomic E-state index is 6.31. The standard InChI is InChI=1S/C15H14Cl2N2S/c1-9(16)15-18-13-7-12(17)3-4-14(13)19(15)10(2)11-5-6-20-8-11/h3-10H,1-2H3. The van der Waals surface area contributed by atoms with Gasteiger partial charge in [0.15, 0.2) is 0 Å². The van der Waals surface area contributed by atoms with Crippen LogP contribution >= 0.6 is 34.5 Å². The molecule has 20 heavy (non-hydrogen) atoms. The molecule has 1 aromatic carbocycles. The molecule has 2 unspecified atom stereocenters. The molecule has 2 heterocycles. The van der Waals surface area contributed by atoms with Gasteiger partial charge in [0.25, 0.3) is 0 Å². The molecule has 0 saturated heterocycles. The second-order valence-corrected chi connectivity index (χ2v) is 6.69. The van der Waals surface area contributed by atoms with Crippen molar-refractivity contribution < 1.29 is 0 Å². The zero-order valence-corrected chi connectivity index (χ0v) is 13.5. The predicted octanol–water partition coefficient (Wildman–Crippen LogP) is 5.66. The lowest BCUT2D eigenvalue weighted by Crippen LogP contribution is -2.10. The van der Waals surface area contributed by atoms with Gasteiger partial charge in [-0.25, -0.2) is 4.98 Å². The molecule has 0 aliphatic carbocycles. The van der Waals surface area contributed by atoms with Crippen LogP contribution in [0.5, 0.6) is 0 Å². The lowest BCUT2D eigenvalue weighted by Gasteiger charge is -2.17. The molecule has 0 fully saturated rings. The van der Waals surface area contributed by atoms with Gasteiger partial charge in [0, 0.05) is 5.02 Å². The van der Waals surface area contributed by atoms with Gasteiger partial charge in [-0.2, -0.15) is 11.3 Å². The summed E-state index contributed by atoms with van der Waals surface area (Å²) in [5.41, 5.74) is 3.22. The maximum atomic E-state index is 6.31. The lowest BCUT2D eigenvalue weighted by atomic mass is 10.1. The molecule has 104 valence electrons. The third-order valence-electron chi connectivity index (χ3n) is 3.45. The molecule has 2 nitrogen and oxygen atoms in total. The topological polar surface area (TPSA) is 17.8 Å². The van der Waals surface area contributed by atoms with Crippen molar-refractivity contribution in [3.05, 3.63) is 51.4 Å². The van der Waals surface area contributed by atoms with Gasteiger partial charge >= 0.3 is 0 Å². The minimum Gasteiger partial charge on any atom is -0.319 e. The Morgan fingerprint density at radius 1 is 1.25 bits per heavy atom. The number of nitrogens with zero attached hydrogens (tertiary/aromatic N) is 2. The van der Waals surface area contributed by atoms with E-state index in [1.807, 2.05) is 25.1 Å². The molecule has 0 aliphatic heterocycles. The summed E-state index contributed by atoms with van der Waals surface area (Å²) in [5.74, 6) is 0.877. The summed E-state index contributed by atoms with van der Waals surface area (Å²) in [6, 6.07) is 8.13. The quantitative estimate of drug-likeness (QED) is 0.568. The number of rotatable bonds is 3. The van der Waals surface area contributed by atoms with Gasteiger partial charge in [-0.05, 0) is 54.4 Å². The van der Waals surface area contributed by atoms with E-state index in [1.165, 1.54) is 5.56 Å². The molecule has 0 radical (unpaired) electrons. The van der Waals surface area contributed by atoms with E-state index in [0.717, 1.165) is 16.9 Å². The number of hydrogen-bond donors (Lipinski definition) is 0. The molecule has 0 amide bonds. The Balaban J connectivity index is 2.24. The SMILES string of the molecule is CC(Cl)c1nc2cc(Cl)ccc2n1C(C)c1ccsc1. The van der Waals surface area contributed by atoms with Crippen LogP contribution in [-0.2, 0) is 0 Å². The van der Waals surface area contributed by atoms with E-state index < -0.39 is 0 Å². The fourth-order valence-corrected chi connectivity index (χ4v) is 3.51. The molecule has 5 heteroatoms. The first-order valence-electron chi connectivity index (χ1n) is 6.41. The highest BCUT2D eigenvalue weighted by atomic mass is 35.5. The maximum Gasteiger partial charge on any atom is 0.128 e. The van der Waals surface area contributed by atoms with Gasteiger partial charge < -0.3 is 4.57 Å². The highest BCUT2D eigenvalue weighted by Crippen LogP contribution is 2.32. The largest absolute Gasteiger partial charge is 0.319 e.